The average Bonchev–Trinajstić information content (AvgIpc) is 2.66. The van der Waals surface area contributed by atoms with Gasteiger partial charge in [-0.15, -0.1) is 0 Å². The van der Waals surface area contributed by atoms with E-state index in [1.54, 1.807) is 6.07 Å². The molecule has 2 rings (SSSR count). The standard InChI is InChI=1S/C17H23FN2/c1-12(2)13-4-3-5-16(8-6-13)20-17-9-7-15(18)10-14(17)11-19/h7,9-10,12-13,16,20H,3-6,8H2,1-2H3. The molecule has 1 aliphatic rings. The minimum absolute atomic E-state index is 0.354. The second kappa shape index (κ2) is 6.74. The van der Waals surface area contributed by atoms with Crippen LogP contribution >= 0.6 is 0 Å². The van der Waals surface area contributed by atoms with Crippen LogP contribution in [0.2, 0.25) is 0 Å². The van der Waals surface area contributed by atoms with Gasteiger partial charge in [0.2, 0.25) is 0 Å². The summed E-state index contributed by atoms with van der Waals surface area (Å²) in [6.45, 7) is 4.60. The molecule has 1 aliphatic carbocycles. The van der Waals surface area contributed by atoms with Crippen LogP contribution in [0.15, 0.2) is 18.2 Å². The third kappa shape index (κ3) is 3.72. The van der Waals surface area contributed by atoms with Gasteiger partial charge in [0, 0.05) is 6.04 Å². The van der Waals surface area contributed by atoms with E-state index in [4.69, 9.17) is 5.26 Å². The first kappa shape index (κ1) is 14.8. The number of halogens is 1. The van der Waals surface area contributed by atoms with Crippen molar-refractivity contribution < 1.29 is 4.39 Å². The van der Waals surface area contributed by atoms with E-state index in [9.17, 15) is 4.39 Å². The zero-order valence-electron chi connectivity index (χ0n) is 12.3. The molecule has 0 heterocycles. The first-order valence-electron chi connectivity index (χ1n) is 7.56. The molecule has 0 bridgehead atoms. The van der Waals surface area contributed by atoms with Crippen molar-refractivity contribution in [2.75, 3.05) is 5.32 Å². The predicted molar refractivity (Wildman–Crippen MR) is 79.9 cm³/mol. The van der Waals surface area contributed by atoms with Gasteiger partial charge in [-0.25, -0.2) is 4.39 Å². The van der Waals surface area contributed by atoms with Crippen LogP contribution in [0.4, 0.5) is 10.1 Å². The molecule has 1 fully saturated rings. The Morgan fingerprint density at radius 3 is 2.75 bits per heavy atom. The lowest BCUT2D eigenvalue weighted by molar-refractivity contribution is 0.341. The number of nitrogens with zero attached hydrogens (tertiary/aromatic N) is 1. The van der Waals surface area contributed by atoms with Crippen molar-refractivity contribution in [1.29, 1.82) is 5.26 Å². The second-order valence-electron chi connectivity index (χ2n) is 6.16. The molecule has 0 radical (unpaired) electrons. The minimum Gasteiger partial charge on any atom is -0.381 e. The summed E-state index contributed by atoms with van der Waals surface area (Å²) in [6, 6.07) is 6.86. The molecular formula is C17H23FN2. The summed E-state index contributed by atoms with van der Waals surface area (Å²) in [5.74, 6) is 1.20. The molecular weight excluding hydrogens is 251 g/mol. The van der Waals surface area contributed by atoms with Gasteiger partial charge in [-0.1, -0.05) is 26.7 Å². The highest BCUT2D eigenvalue weighted by Gasteiger charge is 2.21. The second-order valence-corrected chi connectivity index (χ2v) is 6.16. The number of nitrogens with one attached hydrogen (secondary N) is 1. The molecule has 0 spiro atoms. The Morgan fingerprint density at radius 1 is 1.25 bits per heavy atom. The summed E-state index contributed by atoms with van der Waals surface area (Å²) in [4.78, 5) is 0. The predicted octanol–water partition coefficient (Wildman–Crippen LogP) is 4.71. The fourth-order valence-corrected chi connectivity index (χ4v) is 3.10. The van der Waals surface area contributed by atoms with Gasteiger partial charge in [0.1, 0.15) is 11.9 Å². The fraction of sp³-hybridized carbons (Fsp3) is 0.588. The first-order chi connectivity index (χ1) is 9.60. The Morgan fingerprint density at radius 2 is 2.05 bits per heavy atom. The van der Waals surface area contributed by atoms with Crippen molar-refractivity contribution in [3.63, 3.8) is 0 Å². The average molecular weight is 274 g/mol. The minimum atomic E-state index is -0.354. The number of benzene rings is 1. The summed E-state index contributed by atoms with van der Waals surface area (Å²) in [5.41, 5.74) is 1.16. The van der Waals surface area contributed by atoms with Crippen LogP contribution in [-0.2, 0) is 0 Å². The Labute approximate surface area is 121 Å². The summed E-state index contributed by atoms with van der Waals surface area (Å²) >= 11 is 0. The molecule has 2 nitrogen and oxygen atoms in total. The molecule has 1 N–H and O–H groups in total. The van der Waals surface area contributed by atoms with Gasteiger partial charge in [-0.05, 0) is 49.3 Å². The lowest BCUT2D eigenvalue weighted by Gasteiger charge is -2.20. The summed E-state index contributed by atoms with van der Waals surface area (Å²) < 4.78 is 13.1. The van der Waals surface area contributed by atoms with Crippen molar-refractivity contribution in [3.05, 3.63) is 29.6 Å². The van der Waals surface area contributed by atoms with Crippen LogP contribution in [0.25, 0.3) is 0 Å². The van der Waals surface area contributed by atoms with E-state index >= 15 is 0 Å². The molecule has 3 heteroatoms. The largest absolute Gasteiger partial charge is 0.381 e. The highest BCUT2D eigenvalue weighted by Crippen LogP contribution is 2.30. The summed E-state index contributed by atoms with van der Waals surface area (Å²) in [5, 5.41) is 12.5. The van der Waals surface area contributed by atoms with Gasteiger partial charge in [0.15, 0.2) is 0 Å². The Balaban J connectivity index is 2.02. The lowest BCUT2D eigenvalue weighted by Crippen LogP contribution is -2.19. The molecule has 1 aromatic carbocycles. The molecule has 0 amide bonds. The number of nitriles is 1. The zero-order chi connectivity index (χ0) is 14.5. The van der Waals surface area contributed by atoms with Crippen LogP contribution in [-0.4, -0.2) is 6.04 Å². The van der Waals surface area contributed by atoms with E-state index < -0.39 is 0 Å². The molecule has 1 saturated carbocycles. The number of anilines is 1. The van der Waals surface area contributed by atoms with Crippen LogP contribution in [0.5, 0.6) is 0 Å². The Bertz CT molecular complexity index is 490. The van der Waals surface area contributed by atoms with Gasteiger partial charge in [-0.2, -0.15) is 5.26 Å². The molecule has 2 unspecified atom stereocenters. The Hall–Kier alpha value is -1.56. The smallest absolute Gasteiger partial charge is 0.124 e. The van der Waals surface area contributed by atoms with Crippen molar-refractivity contribution in [2.24, 2.45) is 11.8 Å². The zero-order valence-corrected chi connectivity index (χ0v) is 12.3. The van der Waals surface area contributed by atoms with Crippen LogP contribution in [0.3, 0.4) is 0 Å². The normalized spacial score (nSPS) is 23.1. The highest BCUT2D eigenvalue weighted by atomic mass is 19.1. The summed E-state index contributed by atoms with van der Waals surface area (Å²) in [6.07, 6.45) is 6.02. The maximum Gasteiger partial charge on any atom is 0.124 e. The van der Waals surface area contributed by atoms with Crippen molar-refractivity contribution in [3.8, 4) is 6.07 Å². The highest BCUT2D eigenvalue weighted by molar-refractivity contribution is 5.57. The molecule has 108 valence electrons. The van der Waals surface area contributed by atoms with E-state index in [-0.39, 0.29) is 5.82 Å². The quantitative estimate of drug-likeness (QED) is 0.810. The third-order valence-corrected chi connectivity index (χ3v) is 4.42. The Kier molecular flexibility index (Phi) is 5.00. The maximum atomic E-state index is 13.1. The third-order valence-electron chi connectivity index (χ3n) is 4.42. The molecule has 0 aromatic heterocycles. The van der Waals surface area contributed by atoms with Gasteiger partial charge >= 0.3 is 0 Å². The van der Waals surface area contributed by atoms with E-state index in [0.29, 0.717) is 11.6 Å². The van der Waals surface area contributed by atoms with E-state index in [1.807, 2.05) is 0 Å². The van der Waals surface area contributed by atoms with Crippen molar-refractivity contribution in [2.45, 2.75) is 52.0 Å². The molecule has 2 atom stereocenters. The van der Waals surface area contributed by atoms with Crippen LogP contribution < -0.4 is 5.32 Å². The topological polar surface area (TPSA) is 35.8 Å². The molecule has 0 saturated heterocycles. The van der Waals surface area contributed by atoms with Crippen LogP contribution in [0, 0.1) is 29.0 Å². The van der Waals surface area contributed by atoms with E-state index in [2.05, 4.69) is 25.2 Å². The van der Waals surface area contributed by atoms with Gasteiger partial charge in [0.05, 0.1) is 11.3 Å². The van der Waals surface area contributed by atoms with Crippen molar-refractivity contribution >= 4 is 5.69 Å². The van der Waals surface area contributed by atoms with Gasteiger partial charge < -0.3 is 5.32 Å². The van der Waals surface area contributed by atoms with Crippen LogP contribution in [0.1, 0.15) is 51.5 Å². The van der Waals surface area contributed by atoms with Gasteiger partial charge in [-0.3, -0.25) is 0 Å². The summed E-state index contributed by atoms with van der Waals surface area (Å²) in [7, 11) is 0. The number of hydrogen-bond acceptors (Lipinski definition) is 2. The first-order valence-corrected chi connectivity index (χ1v) is 7.56. The molecule has 1 aromatic rings. The number of rotatable bonds is 3. The monoisotopic (exact) mass is 274 g/mol. The van der Waals surface area contributed by atoms with E-state index in [0.717, 1.165) is 30.4 Å². The number of hydrogen-bond donors (Lipinski definition) is 1. The lowest BCUT2D eigenvalue weighted by atomic mass is 9.89. The van der Waals surface area contributed by atoms with E-state index in [1.165, 1.54) is 31.4 Å². The molecule has 0 aliphatic heterocycles. The molecule has 20 heavy (non-hydrogen) atoms. The fourth-order valence-electron chi connectivity index (χ4n) is 3.10. The SMILES string of the molecule is CC(C)C1CCCC(Nc2ccc(F)cc2C#N)CC1. The van der Waals surface area contributed by atoms with Gasteiger partial charge in [0.25, 0.3) is 0 Å². The van der Waals surface area contributed by atoms with Crippen molar-refractivity contribution in [1.82, 2.24) is 0 Å². The maximum absolute atomic E-state index is 13.1.